The summed E-state index contributed by atoms with van der Waals surface area (Å²) in [5.41, 5.74) is 12.4. The molecule has 52 heavy (non-hydrogen) atoms. The van der Waals surface area contributed by atoms with Crippen molar-refractivity contribution in [3.63, 3.8) is 0 Å². The van der Waals surface area contributed by atoms with Crippen molar-refractivity contribution in [2.45, 2.75) is 0 Å². The van der Waals surface area contributed by atoms with Crippen LogP contribution in [0, 0.1) is 0 Å². The molecule has 0 aliphatic carbocycles. The Bertz CT molecular complexity index is 2940. The van der Waals surface area contributed by atoms with E-state index in [2.05, 4.69) is 206 Å². The van der Waals surface area contributed by atoms with Crippen LogP contribution in [0.25, 0.3) is 98.7 Å². The summed E-state index contributed by atoms with van der Waals surface area (Å²) in [6.45, 7) is 0. The summed E-state index contributed by atoms with van der Waals surface area (Å²) in [5, 5.41) is 10.0. The van der Waals surface area contributed by atoms with E-state index in [1.54, 1.807) is 0 Å². The first-order valence-corrected chi connectivity index (χ1v) is 18.0. The summed E-state index contributed by atoms with van der Waals surface area (Å²) in [6.07, 6.45) is 0. The van der Waals surface area contributed by atoms with Crippen LogP contribution in [0.4, 0.5) is 0 Å². The topological polar surface area (TPSA) is 0 Å². The molecule has 0 nitrogen and oxygen atoms in total. The van der Waals surface area contributed by atoms with Crippen molar-refractivity contribution >= 4 is 43.1 Å². The average molecular weight is 659 g/mol. The molecule has 0 heteroatoms. The van der Waals surface area contributed by atoms with Gasteiger partial charge in [0.2, 0.25) is 0 Å². The first kappa shape index (κ1) is 30.1. The highest BCUT2D eigenvalue weighted by Gasteiger charge is 2.20. The fourth-order valence-corrected chi connectivity index (χ4v) is 8.30. The number of fused-ring (bicyclic) bond motifs is 4. The lowest BCUT2D eigenvalue weighted by atomic mass is 9.82. The smallest absolute Gasteiger partial charge is 0.00199 e. The molecule has 0 aliphatic rings. The normalized spacial score (nSPS) is 11.5. The highest BCUT2D eigenvalue weighted by atomic mass is 14.2. The number of hydrogen-bond acceptors (Lipinski definition) is 0. The summed E-state index contributed by atoms with van der Waals surface area (Å²) >= 11 is 0. The Morgan fingerprint density at radius 1 is 0.192 bits per heavy atom. The zero-order valence-electron chi connectivity index (χ0n) is 28.6. The monoisotopic (exact) mass is 658 g/mol. The van der Waals surface area contributed by atoms with Crippen molar-refractivity contribution in [3.8, 4) is 55.6 Å². The summed E-state index contributed by atoms with van der Waals surface area (Å²) in [7, 11) is 0. The maximum absolute atomic E-state index is 2.44. The minimum absolute atomic E-state index is 1.20. The van der Waals surface area contributed by atoms with Crippen LogP contribution in [0.2, 0.25) is 0 Å². The third-order valence-electron chi connectivity index (χ3n) is 10.7. The van der Waals surface area contributed by atoms with Gasteiger partial charge in [-0.2, -0.15) is 0 Å². The minimum Gasteiger partial charge on any atom is -0.0622 e. The predicted octanol–water partition coefficient (Wildman–Crippen LogP) is 14.6. The van der Waals surface area contributed by atoms with Crippen LogP contribution in [0.5, 0.6) is 0 Å². The molecule has 0 saturated heterocycles. The molecule has 0 radical (unpaired) electrons. The summed E-state index contributed by atoms with van der Waals surface area (Å²) < 4.78 is 0. The van der Waals surface area contributed by atoms with E-state index >= 15 is 0 Å². The van der Waals surface area contributed by atoms with Crippen LogP contribution >= 0.6 is 0 Å². The molecule has 0 N–H and O–H groups in total. The van der Waals surface area contributed by atoms with E-state index in [1.165, 1.54) is 98.7 Å². The lowest BCUT2D eigenvalue weighted by molar-refractivity contribution is 1.60. The first-order valence-electron chi connectivity index (χ1n) is 18.0. The molecule has 0 unspecified atom stereocenters. The van der Waals surface area contributed by atoms with Crippen molar-refractivity contribution in [1.29, 1.82) is 0 Å². The van der Waals surface area contributed by atoms with E-state index in [9.17, 15) is 0 Å². The van der Waals surface area contributed by atoms with Crippen molar-refractivity contribution in [2.24, 2.45) is 0 Å². The molecule has 0 bridgehead atoms. The number of rotatable bonds is 5. The highest BCUT2D eigenvalue weighted by Crippen LogP contribution is 2.48. The Labute approximate surface area is 303 Å². The van der Waals surface area contributed by atoms with E-state index in [0.29, 0.717) is 0 Å². The van der Waals surface area contributed by atoms with Crippen molar-refractivity contribution in [3.05, 3.63) is 206 Å². The molecule has 0 heterocycles. The SMILES string of the molecule is c1ccc(-c2ccccc2-c2c3ccccc3c(-c3cccc4ccccc34)c3ccc(-c4cccc(-c5cccc6ccccc56)c4)cc23)cc1. The Kier molecular flexibility index (Phi) is 7.25. The molecule has 0 aromatic heterocycles. The Balaban J connectivity index is 1.29. The average Bonchev–Trinajstić information content (AvgIpc) is 3.22. The standard InChI is InChI=1S/C52H34/c1-2-15-35(16-3-1)42-25-8-9-26-45(42)52-48-28-11-10-27-47(48)51(46-30-14-20-37-18-5-7-24-43(37)46)49-32-31-39(34-50(49)52)38-21-12-22-40(33-38)44-29-13-19-36-17-4-6-23-41(36)44/h1-34H. The maximum atomic E-state index is 2.44. The Hall–Kier alpha value is -6.76. The van der Waals surface area contributed by atoms with Crippen molar-refractivity contribution < 1.29 is 0 Å². The van der Waals surface area contributed by atoms with Gasteiger partial charge >= 0.3 is 0 Å². The molecule has 10 aromatic rings. The third-order valence-corrected chi connectivity index (χ3v) is 10.7. The highest BCUT2D eigenvalue weighted by molar-refractivity contribution is 6.24. The summed E-state index contributed by atoms with van der Waals surface area (Å²) in [5.74, 6) is 0. The van der Waals surface area contributed by atoms with Gasteiger partial charge in [0.15, 0.2) is 0 Å². The molecule has 242 valence electrons. The molecule has 0 fully saturated rings. The molecule has 0 spiro atoms. The maximum Gasteiger partial charge on any atom is -0.00199 e. The van der Waals surface area contributed by atoms with Crippen molar-refractivity contribution in [2.75, 3.05) is 0 Å². The van der Waals surface area contributed by atoms with Gasteiger partial charge in [0.1, 0.15) is 0 Å². The molecule has 10 rings (SSSR count). The second-order valence-corrected chi connectivity index (χ2v) is 13.6. The van der Waals surface area contributed by atoms with Gasteiger partial charge in [-0.1, -0.05) is 194 Å². The predicted molar refractivity (Wildman–Crippen MR) is 224 cm³/mol. The second kappa shape index (κ2) is 12.5. The molecule has 0 saturated carbocycles. The molecule has 0 aliphatic heterocycles. The largest absolute Gasteiger partial charge is 0.0622 e. The van der Waals surface area contributed by atoms with Gasteiger partial charge in [0.05, 0.1) is 0 Å². The fourth-order valence-electron chi connectivity index (χ4n) is 8.30. The lowest BCUT2D eigenvalue weighted by Gasteiger charge is -2.21. The molecule has 10 aromatic carbocycles. The number of benzene rings is 10. The van der Waals surface area contributed by atoms with E-state index < -0.39 is 0 Å². The van der Waals surface area contributed by atoms with Crippen molar-refractivity contribution in [1.82, 2.24) is 0 Å². The Morgan fingerprint density at radius 3 is 1.37 bits per heavy atom. The summed E-state index contributed by atoms with van der Waals surface area (Å²) in [6, 6.07) is 75.6. The quantitative estimate of drug-likeness (QED) is 0.161. The molecular formula is C52H34. The zero-order valence-corrected chi connectivity index (χ0v) is 28.6. The van der Waals surface area contributed by atoms with Gasteiger partial charge < -0.3 is 0 Å². The Morgan fingerprint density at radius 2 is 0.635 bits per heavy atom. The van der Waals surface area contributed by atoms with Gasteiger partial charge in [0.25, 0.3) is 0 Å². The zero-order chi connectivity index (χ0) is 34.4. The van der Waals surface area contributed by atoms with Gasteiger partial charge in [0, 0.05) is 0 Å². The van der Waals surface area contributed by atoms with Crippen LogP contribution < -0.4 is 0 Å². The minimum atomic E-state index is 1.20. The van der Waals surface area contributed by atoms with E-state index in [4.69, 9.17) is 0 Å². The van der Waals surface area contributed by atoms with E-state index in [-0.39, 0.29) is 0 Å². The lowest BCUT2D eigenvalue weighted by Crippen LogP contribution is -1.94. The number of hydrogen-bond donors (Lipinski definition) is 0. The van der Waals surface area contributed by atoms with Gasteiger partial charge in [-0.05, 0) is 111 Å². The van der Waals surface area contributed by atoms with Gasteiger partial charge in [-0.3, -0.25) is 0 Å². The van der Waals surface area contributed by atoms with E-state index in [1.807, 2.05) is 0 Å². The van der Waals surface area contributed by atoms with Gasteiger partial charge in [-0.15, -0.1) is 0 Å². The molecular weight excluding hydrogens is 625 g/mol. The molecule has 0 amide bonds. The van der Waals surface area contributed by atoms with Crippen LogP contribution in [0.1, 0.15) is 0 Å². The van der Waals surface area contributed by atoms with E-state index in [0.717, 1.165) is 0 Å². The van der Waals surface area contributed by atoms with Crippen LogP contribution in [0.15, 0.2) is 206 Å². The summed E-state index contributed by atoms with van der Waals surface area (Å²) in [4.78, 5) is 0. The van der Waals surface area contributed by atoms with Gasteiger partial charge in [-0.25, -0.2) is 0 Å². The third kappa shape index (κ3) is 5.00. The van der Waals surface area contributed by atoms with Crippen LogP contribution in [-0.2, 0) is 0 Å². The van der Waals surface area contributed by atoms with Crippen LogP contribution in [0.3, 0.4) is 0 Å². The van der Waals surface area contributed by atoms with Crippen LogP contribution in [-0.4, -0.2) is 0 Å². The molecule has 0 atom stereocenters. The first-order chi connectivity index (χ1) is 25.8. The second-order valence-electron chi connectivity index (χ2n) is 13.6. The fraction of sp³-hybridized carbons (Fsp3) is 0.